The van der Waals surface area contributed by atoms with E-state index in [9.17, 15) is 0 Å². The Bertz CT molecular complexity index is 235. The van der Waals surface area contributed by atoms with Crippen molar-refractivity contribution in [2.45, 2.75) is 26.3 Å². The molecule has 0 aliphatic rings. The third-order valence-electron chi connectivity index (χ3n) is 2.46. The first-order valence-electron chi connectivity index (χ1n) is 4.71. The molecule has 0 fully saturated rings. The fraction of sp³-hybridized carbons (Fsp3) is 0.600. The van der Waals surface area contributed by atoms with Crippen molar-refractivity contribution in [2.24, 2.45) is 5.92 Å². The van der Waals surface area contributed by atoms with Gasteiger partial charge in [0.25, 0.3) is 0 Å². The number of hydrogen-bond donors (Lipinski definition) is 1. The fourth-order valence-electron chi connectivity index (χ4n) is 1.49. The monoisotopic (exact) mass is 179 g/mol. The lowest BCUT2D eigenvalue weighted by atomic mass is 9.94. The Morgan fingerprint density at radius 2 is 2.00 bits per heavy atom. The molecule has 0 saturated carbocycles. The molecule has 2 unspecified atom stereocenters. The minimum atomic E-state index is 0.367. The summed E-state index contributed by atoms with van der Waals surface area (Å²) in [5.41, 5.74) is 1.17. The summed E-state index contributed by atoms with van der Waals surface area (Å²) in [5.74, 6) is 0.607. The topological polar surface area (TPSA) is 37.8 Å². The van der Waals surface area contributed by atoms with E-state index >= 15 is 0 Å². The summed E-state index contributed by atoms with van der Waals surface area (Å²) >= 11 is 0. The van der Waals surface area contributed by atoms with Crippen LogP contribution in [-0.2, 0) is 0 Å². The standard InChI is InChI=1S/C10H17N3/c1-4-8(2)10(11-3)9-5-12-7-13-6-9/h5-8,10-11H,4H2,1-3H3. The second kappa shape index (κ2) is 4.92. The van der Waals surface area contributed by atoms with Gasteiger partial charge in [0, 0.05) is 24.0 Å². The average Bonchev–Trinajstić information content (AvgIpc) is 2.20. The summed E-state index contributed by atoms with van der Waals surface area (Å²) in [4.78, 5) is 8.04. The Labute approximate surface area is 79.6 Å². The van der Waals surface area contributed by atoms with Crippen molar-refractivity contribution in [3.63, 3.8) is 0 Å². The van der Waals surface area contributed by atoms with Gasteiger partial charge in [-0.1, -0.05) is 20.3 Å². The summed E-state index contributed by atoms with van der Waals surface area (Å²) < 4.78 is 0. The maximum absolute atomic E-state index is 4.02. The first-order valence-corrected chi connectivity index (χ1v) is 4.71. The van der Waals surface area contributed by atoms with Crippen LogP contribution >= 0.6 is 0 Å². The van der Waals surface area contributed by atoms with Crippen molar-refractivity contribution in [1.29, 1.82) is 0 Å². The molecule has 0 radical (unpaired) electrons. The fourth-order valence-corrected chi connectivity index (χ4v) is 1.49. The highest BCUT2D eigenvalue weighted by Crippen LogP contribution is 2.22. The lowest BCUT2D eigenvalue weighted by Gasteiger charge is -2.21. The molecule has 0 amide bonds. The van der Waals surface area contributed by atoms with Gasteiger partial charge >= 0.3 is 0 Å². The molecule has 3 heteroatoms. The molecule has 3 nitrogen and oxygen atoms in total. The van der Waals surface area contributed by atoms with Crippen molar-refractivity contribution >= 4 is 0 Å². The van der Waals surface area contributed by atoms with Crippen LogP contribution in [-0.4, -0.2) is 17.0 Å². The maximum atomic E-state index is 4.02. The van der Waals surface area contributed by atoms with E-state index in [0.29, 0.717) is 12.0 Å². The van der Waals surface area contributed by atoms with Gasteiger partial charge in [-0.2, -0.15) is 0 Å². The molecule has 0 spiro atoms. The number of nitrogens with zero attached hydrogens (tertiary/aromatic N) is 2. The minimum absolute atomic E-state index is 0.367. The molecule has 2 atom stereocenters. The number of aromatic nitrogens is 2. The van der Waals surface area contributed by atoms with Gasteiger partial charge in [0.1, 0.15) is 6.33 Å². The summed E-state index contributed by atoms with van der Waals surface area (Å²) in [6.45, 7) is 4.42. The SMILES string of the molecule is CCC(C)C(NC)c1cncnc1. The second-order valence-electron chi connectivity index (χ2n) is 3.32. The molecule has 0 aromatic carbocycles. The van der Waals surface area contributed by atoms with Crippen LogP contribution in [0.1, 0.15) is 31.9 Å². The first kappa shape index (κ1) is 10.1. The highest BCUT2D eigenvalue weighted by Gasteiger charge is 2.15. The van der Waals surface area contributed by atoms with Gasteiger partial charge in [-0.05, 0) is 13.0 Å². The number of hydrogen-bond acceptors (Lipinski definition) is 3. The third-order valence-corrected chi connectivity index (χ3v) is 2.46. The molecule has 1 aromatic heterocycles. The van der Waals surface area contributed by atoms with E-state index in [2.05, 4.69) is 29.1 Å². The summed E-state index contributed by atoms with van der Waals surface area (Å²) in [5, 5.41) is 3.29. The Balaban J connectivity index is 2.78. The molecule has 0 bridgehead atoms. The number of nitrogens with one attached hydrogen (secondary N) is 1. The minimum Gasteiger partial charge on any atom is -0.313 e. The Hall–Kier alpha value is -0.960. The van der Waals surface area contributed by atoms with Crippen molar-refractivity contribution in [1.82, 2.24) is 15.3 Å². The Kier molecular flexibility index (Phi) is 3.83. The molecule has 0 aliphatic carbocycles. The van der Waals surface area contributed by atoms with Gasteiger partial charge in [0.2, 0.25) is 0 Å². The zero-order chi connectivity index (χ0) is 9.68. The highest BCUT2D eigenvalue weighted by molar-refractivity contribution is 5.09. The molecule has 1 N–H and O–H groups in total. The smallest absolute Gasteiger partial charge is 0.115 e. The van der Waals surface area contributed by atoms with E-state index in [1.54, 1.807) is 6.33 Å². The van der Waals surface area contributed by atoms with Gasteiger partial charge in [0.05, 0.1) is 0 Å². The van der Waals surface area contributed by atoms with Gasteiger partial charge in [-0.3, -0.25) is 0 Å². The lowest BCUT2D eigenvalue weighted by molar-refractivity contribution is 0.398. The second-order valence-corrected chi connectivity index (χ2v) is 3.32. The zero-order valence-corrected chi connectivity index (χ0v) is 8.49. The molecule has 0 saturated heterocycles. The molecular formula is C10H17N3. The van der Waals surface area contributed by atoms with Gasteiger partial charge in [-0.25, -0.2) is 9.97 Å². The van der Waals surface area contributed by atoms with E-state index in [0.717, 1.165) is 6.42 Å². The predicted octanol–water partition coefficient (Wildman–Crippen LogP) is 1.78. The normalized spacial score (nSPS) is 15.3. The van der Waals surface area contributed by atoms with Crippen LogP contribution in [0, 0.1) is 5.92 Å². The van der Waals surface area contributed by atoms with Crippen LogP contribution in [0.25, 0.3) is 0 Å². The van der Waals surface area contributed by atoms with Crippen LogP contribution < -0.4 is 5.32 Å². The maximum Gasteiger partial charge on any atom is 0.115 e. The summed E-state index contributed by atoms with van der Waals surface area (Å²) in [6.07, 6.45) is 6.47. The van der Waals surface area contributed by atoms with Crippen LogP contribution in [0.5, 0.6) is 0 Å². The van der Waals surface area contributed by atoms with Crippen LogP contribution in [0.15, 0.2) is 18.7 Å². The van der Waals surface area contributed by atoms with Gasteiger partial charge < -0.3 is 5.32 Å². The summed E-state index contributed by atoms with van der Waals surface area (Å²) in [6, 6.07) is 0.367. The average molecular weight is 179 g/mol. The molecule has 13 heavy (non-hydrogen) atoms. The molecule has 0 aliphatic heterocycles. The lowest BCUT2D eigenvalue weighted by Crippen LogP contribution is -2.23. The first-order chi connectivity index (χ1) is 6.29. The van der Waals surface area contributed by atoms with Crippen LogP contribution in [0.2, 0.25) is 0 Å². The van der Waals surface area contributed by atoms with Crippen LogP contribution in [0.4, 0.5) is 0 Å². The van der Waals surface area contributed by atoms with Gasteiger partial charge in [0.15, 0.2) is 0 Å². The van der Waals surface area contributed by atoms with E-state index in [1.165, 1.54) is 5.56 Å². The van der Waals surface area contributed by atoms with Crippen LogP contribution in [0.3, 0.4) is 0 Å². The Morgan fingerprint density at radius 1 is 1.38 bits per heavy atom. The van der Waals surface area contributed by atoms with Crippen molar-refractivity contribution in [2.75, 3.05) is 7.05 Å². The molecule has 1 heterocycles. The number of rotatable bonds is 4. The third kappa shape index (κ3) is 2.49. The van der Waals surface area contributed by atoms with Gasteiger partial charge in [-0.15, -0.1) is 0 Å². The largest absolute Gasteiger partial charge is 0.313 e. The Morgan fingerprint density at radius 3 is 2.46 bits per heavy atom. The molecular weight excluding hydrogens is 162 g/mol. The molecule has 72 valence electrons. The van der Waals surface area contributed by atoms with E-state index in [1.807, 2.05) is 19.4 Å². The van der Waals surface area contributed by atoms with Crippen molar-refractivity contribution < 1.29 is 0 Å². The van der Waals surface area contributed by atoms with E-state index < -0.39 is 0 Å². The molecule has 1 rings (SSSR count). The van der Waals surface area contributed by atoms with Crippen molar-refractivity contribution in [3.8, 4) is 0 Å². The van der Waals surface area contributed by atoms with E-state index in [4.69, 9.17) is 0 Å². The zero-order valence-electron chi connectivity index (χ0n) is 8.49. The van der Waals surface area contributed by atoms with Crippen molar-refractivity contribution in [3.05, 3.63) is 24.3 Å². The summed E-state index contributed by atoms with van der Waals surface area (Å²) in [7, 11) is 1.98. The predicted molar refractivity (Wildman–Crippen MR) is 53.3 cm³/mol. The quantitative estimate of drug-likeness (QED) is 0.765. The van der Waals surface area contributed by atoms with E-state index in [-0.39, 0.29) is 0 Å². The highest BCUT2D eigenvalue weighted by atomic mass is 14.9. The molecule has 1 aromatic rings.